The third-order valence-electron chi connectivity index (χ3n) is 2.87. The molecule has 1 N–H and O–H groups in total. The summed E-state index contributed by atoms with van der Waals surface area (Å²) in [5.41, 5.74) is 1.87. The molecule has 5 heteroatoms. The molecule has 0 aliphatic rings. The minimum Gasteiger partial charge on any atom is -0.462 e. The van der Waals surface area contributed by atoms with Crippen LogP contribution in [0.25, 0.3) is 0 Å². The molecule has 112 valence electrons. The molecule has 0 aromatic heterocycles. The number of hydrogen-bond donors (Lipinski definition) is 1. The van der Waals surface area contributed by atoms with E-state index in [1.165, 1.54) is 0 Å². The fourth-order valence-electron chi connectivity index (χ4n) is 1.77. The Balaban J connectivity index is 2.57. The maximum absolute atomic E-state index is 11.8. The molecule has 0 heterocycles. The van der Waals surface area contributed by atoms with Crippen molar-refractivity contribution in [1.82, 2.24) is 0 Å². The molecule has 0 saturated heterocycles. The molecule has 0 aliphatic heterocycles. The molecule has 0 fully saturated rings. The molecular formula is C15H22ClNO3. The Hall–Kier alpha value is -1.26. The van der Waals surface area contributed by atoms with Gasteiger partial charge < -0.3 is 14.8 Å². The van der Waals surface area contributed by atoms with Gasteiger partial charge in [0, 0.05) is 6.61 Å². The highest BCUT2D eigenvalue weighted by molar-refractivity contribution is 6.33. The van der Waals surface area contributed by atoms with Gasteiger partial charge in [0.25, 0.3) is 0 Å². The molecule has 0 bridgehead atoms. The molecule has 0 aliphatic carbocycles. The number of nitrogens with one attached hydrogen (secondary N) is 1. The van der Waals surface area contributed by atoms with Crippen LogP contribution in [0.2, 0.25) is 5.02 Å². The van der Waals surface area contributed by atoms with Crippen molar-refractivity contribution >= 4 is 23.3 Å². The van der Waals surface area contributed by atoms with Crippen LogP contribution >= 0.6 is 11.6 Å². The zero-order valence-corrected chi connectivity index (χ0v) is 13.0. The lowest BCUT2D eigenvalue weighted by Gasteiger charge is -2.18. The topological polar surface area (TPSA) is 47.6 Å². The van der Waals surface area contributed by atoms with Crippen LogP contribution in [0.15, 0.2) is 18.2 Å². The number of aryl methyl sites for hydroxylation is 1. The van der Waals surface area contributed by atoms with E-state index in [2.05, 4.69) is 5.32 Å². The van der Waals surface area contributed by atoms with Crippen molar-refractivity contribution in [3.05, 3.63) is 28.8 Å². The van der Waals surface area contributed by atoms with Gasteiger partial charge in [0.2, 0.25) is 0 Å². The number of halogens is 1. The lowest BCUT2D eigenvalue weighted by molar-refractivity contribution is -0.145. The number of benzene rings is 1. The van der Waals surface area contributed by atoms with Crippen molar-refractivity contribution in [2.75, 3.05) is 25.1 Å². The third kappa shape index (κ3) is 5.02. The van der Waals surface area contributed by atoms with Crippen molar-refractivity contribution in [2.45, 2.75) is 33.2 Å². The van der Waals surface area contributed by atoms with Crippen LogP contribution < -0.4 is 5.32 Å². The van der Waals surface area contributed by atoms with Crippen LogP contribution in [-0.2, 0) is 20.7 Å². The van der Waals surface area contributed by atoms with Gasteiger partial charge in [0.1, 0.15) is 12.6 Å². The van der Waals surface area contributed by atoms with E-state index in [1.54, 1.807) is 13.0 Å². The minimum atomic E-state index is -0.457. The molecule has 0 amide bonds. The second-order valence-electron chi connectivity index (χ2n) is 4.36. The lowest BCUT2D eigenvalue weighted by Crippen LogP contribution is -2.29. The standard InChI is InChI=1S/C15H22ClNO3/c1-4-12-7-6-8-13(16)14(12)17-11(3)15(18)20-10-9-19-5-2/h6-8,11,17H,4-5,9-10H2,1-3H3/t11-/m0/s1. The lowest BCUT2D eigenvalue weighted by atomic mass is 10.1. The van der Waals surface area contributed by atoms with Gasteiger partial charge in [-0.15, -0.1) is 0 Å². The van der Waals surface area contributed by atoms with E-state index in [0.29, 0.717) is 18.2 Å². The largest absolute Gasteiger partial charge is 0.462 e. The van der Waals surface area contributed by atoms with Gasteiger partial charge in [-0.1, -0.05) is 30.7 Å². The summed E-state index contributed by atoms with van der Waals surface area (Å²) in [5.74, 6) is -0.313. The average molecular weight is 300 g/mol. The Morgan fingerprint density at radius 2 is 2.10 bits per heavy atom. The number of rotatable bonds is 8. The summed E-state index contributed by atoms with van der Waals surface area (Å²) < 4.78 is 10.2. The summed E-state index contributed by atoms with van der Waals surface area (Å²) in [6.45, 7) is 7.00. The van der Waals surface area contributed by atoms with Gasteiger partial charge in [-0.25, -0.2) is 4.79 Å². The van der Waals surface area contributed by atoms with E-state index >= 15 is 0 Å². The van der Waals surface area contributed by atoms with E-state index in [0.717, 1.165) is 17.7 Å². The molecule has 20 heavy (non-hydrogen) atoms. The van der Waals surface area contributed by atoms with Crippen LogP contribution in [0.1, 0.15) is 26.3 Å². The normalized spacial score (nSPS) is 12.0. The summed E-state index contributed by atoms with van der Waals surface area (Å²) in [6, 6.07) is 5.23. The summed E-state index contributed by atoms with van der Waals surface area (Å²) >= 11 is 6.17. The minimum absolute atomic E-state index is 0.266. The molecule has 0 spiro atoms. The first-order chi connectivity index (χ1) is 9.60. The Morgan fingerprint density at radius 3 is 2.75 bits per heavy atom. The number of carbonyl (C=O) groups excluding carboxylic acids is 1. The maximum Gasteiger partial charge on any atom is 0.328 e. The van der Waals surface area contributed by atoms with Crippen LogP contribution in [0.5, 0.6) is 0 Å². The first kappa shape index (κ1) is 16.8. The first-order valence-corrected chi connectivity index (χ1v) is 7.26. The van der Waals surface area contributed by atoms with Crippen LogP contribution in [0.4, 0.5) is 5.69 Å². The van der Waals surface area contributed by atoms with E-state index < -0.39 is 6.04 Å². The predicted octanol–water partition coefficient (Wildman–Crippen LogP) is 3.28. The van der Waals surface area contributed by atoms with Crippen LogP contribution in [0.3, 0.4) is 0 Å². The Labute approximate surface area is 125 Å². The van der Waals surface area contributed by atoms with Gasteiger partial charge in [-0.2, -0.15) is 0 Å². The highest BCUT2D eigenvalue weighted by Crippen LogP contribution is 2.27. The van der Waals surface area contributed by atoms with Crippen molar-refractivity contribution in [2.24, 2.45) is 0 Å². The Kier molecular flexibility index (Phi) is 7.41. The van der Waals surface area contributed by atoms with E-state index in [1.807, 2.05) is 26.0 Å². The number of para-hydroxylation sites is 1. The highest BCUT2D eigenvalue weighted by Gasteiger charge is 2.16. The van der Waals surface area contributed by atoms with Gasteiger partial charge in [0.15, 0.2) is 0 Å². The molecule has 1 aromatic carbocycles. The highest BCUT2D eigenvalue weighted by atomic mass is 35.5. The van der Waals surface area contributed by atoms with Crippen LogP contribution in [0, 0.1) is 0 Å². The molecule has 1 atom stereocenters. The fraction of sp³-hybridized carbons (Fsp3) is 0.533. The number of carbonyl (C=O) groups is 1. The third-order valence-corrected chi connectivity index (χ3v) is 3.19. The number of anilines is 1. The monoisotopic (exact) mass is 299 g/mol. The molecule has 0 radical (unpaired) electrons. The predicted molar refractivity (Wildman–Crippen MR) is 81.4 cm³/mol. The van der Waals surface area contributed by atoms with Crippen molar-refractivity contribution < 1.29 is 14.3 Å². The molecule has 0 saturated carbocycles. The SMILES string of the molecule is CCOCCOC(=O)[C@H](C)Nc1c(Cl)cccc1CC. The first-order valence-electron chi connectivity index (χ1n) is 6.88. The van der Waals surface area contributed by atoms with E-state index in [9.17, 15) is 4.79 Å². The Morgan fingerprint density at radius 1 is 1.35 bits per heavy atom. The van der Waals surface area contributed by atoms with Crippen molar-refractivity contribution in [3.8, 4) is 0 Å². The van der Waals surface area contributed by atoms with Gasteiger partial charge in [-0.3, -0.25) is 0 Å². The second kappa shape index (κ2) is 8.82. The molecule has 1 rings (SSSR count). The van der Waals surface area contributed by atoms with Crippen molar-refractivity contribution in [3.63, 3.8) is 0 Å². The smallest absolute Gasteiger partial charge is 0.328 e. The number of hydrogen-bond acceptors (Lipinski definition) is 4. The van der Waals surface area contributed by atoms with E-state index in [4.69, 9.17) is 21.1 Å². The summed E-state index contributed by atoms with van der Waals surface area (Å²) in [4.78, 5) is 11.8. The van der Waals surface area contributed by atoms with E-state index in [-0.39, 0.29) is 12.6 Å². The average Bonchev–Trinajstić information content (AvgIpc) is 2.45. The maximum atomic E-state index is 11.8. The summed E-state index contributed by atoms with van der Waals surface area (Å²) in [7, 11) is 0. The zero-order valence-electron chi connectivity index (χ0n) is 12.2. The molecule has 1 aromatic rings. The molecule has 4 nitrogen and oxygen atoms in total. The fourth-order valence-corrected chi connectivity index (χ4v) is 2.02. The quantitative estimate of drug-likeness (QED) is 0.591. The Bertz CT molecular complexity index is 437. The summed E-state index contributed by atoms with van der Waals surface area (Å²) in [6.07, 6.45) is 0.842. The molecular weight excluding hydrogens is 278 g/mol. The number of ether oxygens (including phenoxy) is 2. The number of esters is 1. The van der Waals surface area contributed by atoms with Gasteiger partial charge in [-0.05, 0) is 31.9 Å². The molecule has 0 unspecified atom stereocenters. The van der Waals surface area contributed by atoms with Crippen LogP contribution in [-0.4, -0.2) is 31.8 Å². The van der Waals surface area contributed by atoms with Gasteiger partial charge >= 0.3 is 5.97 Å². The summed E-state index contributed by atoms with van der Waals surface area (Å²) in [5, 5.41) is 3.73. The van der Waals surface area contributed by atoms with Crippen molar-refractivity contribution in [1.29, 1.82) is 0 Å². The zero-order chi connectivity index (χ0) is 15.0. The van der Waals surface area contributed by atoms with Gasteiger partial charge in [0.05, 0.1) is 17.3 Å². The second-order valence-corrected chi connectivity index (χ2v) is 4.77.